The number of hydrogen-bond donors (Lipinski definition) is 2. The maximum Gasteiger partial charge on any atom is 0.263 e. The lowest BCUT2D eigenvalue weighted by Crippen LogP contribution is -2.29. The molecule has 0 aliphatic heterocycles. The van der Waals surface area contributed by atoms with Crippen molar-refractivity contribution in [1.29, 1.82) is 0 Å². The van der Waals surface area contributed by atoms with E-state index in [-0.39, 0.29) is 21.2 Å². The summed E-state index contributed by atoms with van der Waals surface area (Å²) >= 11 is 6.16. The Kier molecular flexibility index (Phi) is 6.90. The van der Waals surface area contributed by atoms with Crippen molar-refractivity contribution < 1.29 is 17.6 Å². The van der Waals surface area contributed by atoms with E-state index in [1.54, 1.807) is 24.5 Å². The Morgan fingerprint density at radius 1 is 0.882 bits per heavy atom. The van der Waals surface area contributed by atoms with Gasteiger partial charge in [-0.15, -0.1) is 0 Å². The van der Waals surface area contributed by atoms with Crippen LogP contribution >= 0.6 is 11.6 Å². The van der Waals surface area contributed by atoms with Crippen molar-refractivity contribution in [1.82, 2.24) is 10.3 Å². The molecule has 0 aliphatic rings. The largest absolute Gasteiger partial charge is 0.341 e. The number of benzene rings is 3. The molecule has 1 aromatic heterocycles. The molecule has 2 N–H and O–H groups in total. The summed E-state index contributed by atoms with van der Waals surface area (Å²) in [5.41, 5.74) is 1.93. The Bertz CT molecular complexity index is 1360. The third-order valence-electron chi connectivity index (χ3n) is 5.03. The van der Waals surface area contributed by atoms with E-state index < -0.39 is 27.8 Å². The fourth-order valence-corrected chi connectivity index (χ4v) is 4.94. The molecule has 3 aromatic carbocycles. The number of aromatic nitrogens is 1. The molecule has 0 saturated carbocycles. The van der Waals surface area contributed by atoms with E-state index in [2.05, 4.69) is 15.0 Å². The number of rotatable bonds is 7. The molecular formula is C25H19ClFN3O3S. The number of carbonyl (C=O) groups is 1. The summed E-state index contributed by atoms with van der Waals surface area (Å²) in [6, 6.07) is 21.3. The normalized spacial score (nSPS) is 12.1. The van der Waals surface area contributed by atoms with Crippen LogP contribution in [0, 0.1) is 5.82 Å². The minimum atomic E-state index is -4.14. The van der Waals surface area contributed by atoms with E-state index in [9.17, 15) is 17.6 Å². The number of nitrogens with one attached hydrogen (secondary N) is 2. The quantitative estimate of drug-likeness (QED) is 0.369. The molecule has 0 radical (unpaired) electrons. The topological polar surface area (TPSA) is 88.2 Å². The summed E-state index contributed by atoms with van der Waals surface area (Å²) in [6.07, 6.45) is 3.26. The van der Waals surface area contributed by atoms with Gasteiger partial charge in [0.1, 0.15) is 10.7 Å². The highest BCUT2D eigenvalue weighted by Crippen LogP contribution is 2.27. The van der Waals surface area contributed by atoms with Crippen LogP contribution in [0.2, 0.25) is 5.02 Å². The standard InChI is InChI=1S/C25H19ClFN3O3S/c26-22-11-6-19(16-23(22)34(32,33)30-21-9-7-20(27)8-10-21)25(31)29-24(17-4-2-1-3-5-17)18-12-14-28-15-13-18/h1-16,24,30H,(H,29,31). The predicted octanol–water partition coefficient (Wildman–Crippen LogP) is 5.19. The molecule has 0 aliphatic carbocycles. The van der Waals surface area contributed by atoms with Crippen LogP contribution < -0.4 is 10.0 Å². The summed E-state index contributed by atoms with van der Waals surface area (Å²) in [6.45, 7) is 0. The van der Waals surface area contributed by atoms with Gasteiger partial charge in [0.25, 0.3) is 15.9 Å². The Balaban J connectivity index is 1.63. The van der Waals surface area contributed by atoms with E-state index >= 15 is 0 Å². The molecule has 34 heavy (non-hydrogen) atoms. The second kappa shape index (κ2) is 10.0. The van der Waals surface area contributed by atoms with Crippen molar-refractivity contribution in [2.45, 2.75) is 10.9 Å². The molecule has 0 spiro atoms. The Hall–Kier alpha value is -3.75. The molecule has 0 fully saturated rings. The first-order valence-electron chi connectivity index (χ1n) is 10.2. The number of pyridine rings is 1. The molecule has 9 heteroatoms. The molecule has 0 bridgehead atoms. The maximum atomic E-state index is 13.2. The lowest BCUT2D eigenvalue weighted by Gasteiger charge is -2.20. The van der Waals surface area contributed by atoms with Crippen LogP contribution in [0.1, 0.15) is 27.5 Å². The van der Waals surface area contributed by atoms with Crippen molar-refractivity contribution in [2.24, 2.45) is 0 Å². The van der Waals surface area contributed by atoms with Crippen molar-refractivity contribution >= 4 is 33.2 Å². The lowest BCUT2D eigenvalue weighted by atomic mass is 9.99. The maximum absolute atomic E-state index is 13.2. The number of hydrogen-bond acceptors (Lipinski definition) is 4. The van der Waals surface area contributed by atoms with E-state index in [1.807, 2.05) is 30.3 Å². The van der Waals surface area contributed by atoms with Gasteiger partial charge in [0, 0.05) is 23.6 Å². The van der Waals surface area contributed by atoms with E-state index in [4.69, 9.17) is 11.6 Å². The second-order valence-corrected chi connectivity index (χ2v) is 9.41. The number of carbonyl (C=O) groups excluding carboxylic acids is 1. The number of anilines is 1. The fourth-order valence-electron chi connectivity index (χ4n) is 3.35. The second-order valence-electron chi connectivity index (χ2n) is 7.36. The monoisotopic (exact) mass is 495 g/mol. The lowest BCUT2D eigenvalue weighted by molar-refractivity contribution is 0.0942. The summed E-state index contributed by atoms with van der Waals surface area (Å²) in [5.74, 6) is -0.984. The molecule has 6 nitrogen and oxygen atoms in total. The van der Waals surface area contributed by atoms with Gasteiger partial charge in [-0.1, -0.05) is 41.9 Å². The zero-order valence-corrected chi connectivity index (χ0v) is 19.2. The van der Waals surface area contributed by atoms with Crippen molar-refractivity contribution in [2.75, 3.05) is 4.72 Å². The first kappa shape index (κ1) is 23.4. The highest BCUT2D eigenvalue weighted by molar-refractivity contribution is 7.92. The molecule has 1 heterocycles. The summed E-state index contributed by atoms with van der Waals surface area (Å²) in [7, 11) is -4.14. The molecule has 1 unspecified atom stereocenters. The van der Waals surface area contributed by atoms with Crippen LogP contribution in [-0.4, -0.2) is 19.3 Å². The van der Waals surface area contributed by atoms with Crippen molar-refractivity contribution in [3.8, 4) is 0 Å². The number of sulfonamides is 1. The Morgan fingerprint density at radius 2 is 1.53 bits per heavy atom. The van der Waals surface area contributed by atoms with Crippen LogP contribution in [0.25, 0.3) is 0 Å². The molecule has 4 rings (SSSR count). The minimum absolute atomic E-state index is 0.0556. The van der Waals surface area contributed by atoms with Gasteiger partial charge in [-0.3, -0.25) is 14.5 Å². The SMILES string of the molecule is O=C(NC(c1ccccc1)c1ccncc1)c1ccc(Cl)c(S(=O)(=O)Nc2ccc(F)cc2)c1. The first-order chi connectivity index (χ1) is 16.3. The average molecular weight is 496 g/mol. The van der Waals surface area contributed by atoms with Crippen molar-refractivity contribution in [3.63, 3.8) is 0 Å². The summed E-state index contributed by atoms with van der Waals surface area (Å²) in [5, 5.41) is 2.90. The Labute approximate surface area is 201 Å². The smallest absolute Gasteiger partial charge is 0.263 e. The third-order valence-corrected chi connectivity index (χ3v) is 6.89. The highest BCUT2D eigenvalue weighted by atomic mass is 35.5. The molecule has 4 aromatic rings. The van der Waals surface area contributed by atoms with Gasteiger partial charge < -0.3 is 5.32 Å². The fraction of sp³-hybridized carbons (Fsp3) is 0.0400. The molecule has 1 atom stereocenters. The zero-order valence-electron chi connectivity index (χ0n) is 17.7. The average Bonchev–Trinajstić information content (AvgIpc) is 2.85. The molecule has 1 amide bonds. The van der Waals surface area contributed by atoms with Gasteiger partial charge in [0.15, 0.2) is 0 Å². The molecule has 172 valence electrons. The van der Waals surface area contributed by atoms with Crippen LogP contribution in [-0.2, 0) is 10.0 Å². The van der Waals surface area contributed by atoms with Crippen molar-refractivity contribution in [3.05, 3.63) is 125 Å². The summed E-state index contributed by atoms with van der Waals surface area (Å²) in [4.78, 5) is 16.9. The van der Waals surface area contributed by atoms with Gasteiger partial charge in [-0.25, -0.2) is 12.8 Å². The third kappa shape index (κ3) is 5.41. The molecular weight excluding hydrogens is 477 g/mol. The van der Waals surface area contributed by atoms with Crippen LogP contribution in [0.3, 0.4) is 0 Å². The molecule has 0 saturated heterocycles. The van der Waals surface area contributed by atoms with E-state index in [0.717, 1.165) is 23.3 Å². The number of nitrogens with zero attached hydrogens (tertiary/aromatic N) is 1. The van der Waals surface area contributed by atoms with Gasteiger partial charge in [-0.2, -0.15) is 0 Å². The summed E-state index contributed by atoms with van der Waals surface area (Å²) < 4.78 is 41.3. The van der Waals surface area contributed by atoms with E-state index in [1.165, 1.54) is 30.3 Å². The van der Waals surface area contributed by atoms with Crippen LogP contribution in [0.15, 0.2) is 102 Å². The minimum Gasteiger partial charge on any atom is -0.341 e. The number of amides is 1. The van der Waals surface area contributed by atoms with E-state index in [0.29, 0.717) is 0 Å². The van der Waals surface area contributed by atoms with Crippen LogP contribution in [0.5, 0.6) is 0 Å². The highest BCUT2D eigenvalue weighted by Gasteiger charge is 2.23. The van der Waals surface area contributed by atoms with Gasteiger partial charge in [0.05, 0.1) is 11.1 Å². The van der Waals surface area contributed by atoms with Gasteiger partial charge in [0.2, 0.25) is 0 Å². The zero-order chi connectivity index (χ0) is 24.1. The Morgan fingerprint density at radius 3 is 2.21 bits per heavy atom. The van der Waals surface area contributed by atoms with Gasteiger partial charge in [-0.05, 0) is 65.7 Å². The predicted molar refractivity (Wildman–Crippen MR) is 129 cm³/mol. The van der Waals surface area contributed by atoms with Crippen LogP contribution in [0.4, 0.5) is 10.1 Å². The first-order valence-corrected chi connectivity index (χ1v) is 12.0. The number of halogens is 2. The van der Waals surface area contributed by atoms with Gasteiger partial charge >= 0.3 is 0 Å².